The number of anilines is 1. The normalized spacial score (nSPS) is 15.6. The number of fused-ring (bicyclic) bond motifs is 1. The van der Waals surface area contributed by atoms with Crippen LogP contribution in [-0.2, 0) is 11.3 Å². The second-order valence-corrected chi connectivity index (χ2v) is 8.05. The van der Waals surface area contributed by atoms with E-state index in [-0.39, 0.29) is 11.8 Å². The van der Waals surface area contributed by atoms with E-state index in [4.69, 9.17) is 0 Å². The number of nitrogens with one attached hydrogen (secondary N) is 1. The van der Waals surface area contributed by atoms with Crippen LogP contribution in [-0.4, -0.2) is 23.9 Å². The van der Waals surface area contributed by atoms with Crippen LogP contribution < -0.4 is 5.32 Å². The van der Waals surface area contributed by atoms with Crippen LogP contribution in [0, 0.1) is 19.8 Å². The predicted molar refractivity (Wildman–Crippen MR) is 116 cm³/mol. The van der Waals surface area contributed by atoms with Crippen LogP contribution in [0.25, 0.3) is 10.8 Å². The number of aryl methyl sites for hydroxylation is 2. The minimum atomic E-state index is 0.101. The molecule has 0 unspecified atom stereocenters. The van der Waals surface area contributed by atoms with Crippen LogP contribution in [0.3, 0.4) is 0 Å². The summed E-state index contributed by atoms with van der Waals surface area (Å²) >= 11 is 0. The van der Waals surface area contributed by atoms with Crippen molar-refractivity contribution in [3.8, 4) is 0 Å². The third kappa shape index (κ3) is 4.26. The van der Waals surface area contributed by atoms with Gasteiger partial charge in [-0.15, -0.1) is 0 Å². The number of piperidine rings is 1. The summed E-state index contributed by atoms with van der Waals surface area (Å²) in [7, 11) is 0. The Balaban J connectivity index is 1.36. The van der Waals surface area contributed by atoms with Gasteiger partial charge in [-0.25, -0.2) is 0 Å². The minimum Gasteiger partial charge on any atom is -0.326 e. The summed E-state index contributed by atoms with van der Waals surface area (Å²) in [5.74, 6) is 0.263. The summed E-state index contributed by atoms with van der Waals surface area (Å²) in [4.78, 5) is 15.2. The molecule has 3 heteroatoms. The minimum absolute atomic E-state index is 0.101. The molecule has 3 aromatic carbocycles. The highest BCUT2D eigenvalue weighted by Crippen LogP contribution is 2.24. The maximum Gasteiger partial charge on any atom is 0.227 e. The first-order chi connectivity index (χ1) is 13.6. The molecule has 1 fully saturated rings. The van der Waals surface area contributed by atoms with Gasteiger partial charge >= 0.3 is 0 Å². The van der Waals surface area contributed by atoms with Crippen molar-refractivity contribution in [2.24, 2.45) is 5.92 Å². The van der Waals surface area contributed by atoms with Gasteiger partial charge in [-0.1, -0.05) is 48.5 Å². The van der Waals surface area contributed by atoms with E-state index < -0.39 is 0 Å². The lowest BCUT2D eigenvalue weighted by Gasteiger charge is -2.31. The standard InChI is InChI=1S/C25H28N2O/c1-18-14-19(2)16-23(15-18)26-25(28)21-10-12-27(13-11-21)17-22-8-5-7-20-6-3-4-9-24(20)22/h3-9,14-16,21H,10-13,17H2,1-2H3,(H,26,28). The smallest absolute Gasteiger partial charge is 0.227 e. The molecule has 1 aliphatic heterocycles. The van der Waals surface area contributed by atoms with Crippen molar-refractivity contribution in [2.45, 2.75) is 33.2 Å². The topological polar surface area (TPSA) is 32.3 Å². The zero-order valence-electron chi connectivity index (χ0n) is 16.7. The van der Waals surface area contributed by atoms with Crippen LogP contribution in [0.4, 0.5) is 5.69 Å². The Kier molecular flexibility index (Phi) is 5.45. The number of nitrogens with zero attached hydrogens (tertiary/aromatic N) is 1. The lowest BCUT2D eigenvalue weighted by Crippen LogP contribution is -2.37. The molecule has 28 heavy (non-hydrogen) atoms. The van der Waals surface area contributed by atoms with Gasteiger partial charge < -0.3 is 5.32 Å². The molecule has 144 valence electrons. The van der Waals surface area contributed by atoms with Gasteiger partial charge in [-0.05, 0) is 79.4 Å². The van der Waals surface area contributed by atoms with E-state index in [2.05, 4.69) is 72.6 Å². The molecule has 1 amide bonds. The number of hydrogen-bond acceptors (Lipinski definition) is 2. The first kappa shape index (κ1) is 18.7. The van der Waals surface area contributed by atoms with E-state index in [1.165, 1.54) is 27.5 Å². The van der Waals surface area contributed by atoms with Gasteiger partial charge in [-0.3, -0.25) is 9.69 Å². The fraction of sp³-hybridized carbons (Fsp3) is 0.320. The van der Waals surface area contributed by atoms with Crippen molar-refractivity contribution in [2.75, 3.05) is 18.4 Å². The molecule has 1 heterocycles. The van der Waals surface area contributed by atoms with Crippen molar-refractivity contribution in [3.63, 3.8) is 0 Å². The number of amides is 1. The second-order valence-electron chi connectivity index (χ2n) is 8.05. The van der Waals surface area contributed by atoms with Crippen LogP contribution >= 0.6 is 0 Å². The highest BCUT2D eigenvalue weighted by atomic mass is 16.1. The fourth-order valence-electron chi connectivity index (χ4n) is 4.32. The number of hydrogen-bond donors (Lipinski definition) is 1. The highest BCUT2D eigenvalue weighted by molar-refractivity contribution is 5.92. The Labute approximate surface area is 167 Å². The van der Waals surface area contributed by atoms with Gasteiger partial charge in [0.25, 0.3) is 0 Å². The maximum atomic E-state index is 12.7. The quantitative estimate of drug-likeness (QED) is 0.673. The molecule has 1 saturated heterocycles. The zero-order valence-corrected chi connectivity index (χ0v) is 16.7. The van der Waals surface area contributed by atoms with Crippen LogP contribution in [0.1, 0.15) is 29.5 Å². The number of carbonyl (C=O) groups is 1. The Bertz CT molecular complexity index is 961. The Morgan fingerprint density at radius 1 is 0.964 bits per heavy atom. The SMILES string of the molecule is Cc1cc(C)cc(NC(=O)C2CCN(Cc3cccc4ccccc34)CC2)c1. The van der Waals surface area contributed by atoms with E-state index in [1.807, 2.05) is 12.1 Å². The molecule has 0 saturated carbocycles. The zero-order chi connectivity index (χ0) is 19.5. The monoisotopic (exact) mass is 372 g/mol. The van der Waals surface area contributed by atoms with Crippen LogP contribution in [0.2, 0.25) is 0 Å². The molecule has 4 rings (SSSR count). The van der Waals surface area contributed by atoms with Crippen LogP contribution in [0.5, 0.6) is 0 Å². The average Bonchev–Trinajstić information content (AvgIpc) is 2.68. The molecule has 0 spiro atoms. The van der Waals surface area contributed by atoms with E-state index in [0.717, 1.165) is 38.2 Å². The average molecular weight is 373 g/mol. The molecule has 0 aliphatic carbocycles. The first-order valence-corrected chi connectivity index (χ1v) is 10.2. The number of likely N-dealkylation sites (tertiary alicyclic amines) is 1. The summed E-state index contributed by atoms with van der Waals surface area (Å²) in [5, 5.41) is 5.75. The second kappa shape index (κ2) is 8.15. The van der Waals surface area contributed by atoms with E-state index >= 15 is 0 Å². The predicted octanol–water partition coefficient (Wildman–Crippen LogP) is 5.31. The van der Waals surface area contributed by atoms with Gasteiger partial charge in [0, 0.05) is 18.2 Å². The third-order valence-electron chi connectivity index (χ3n) is 5.72. The van der Waals surface area contributed by atoms with E-state index in [0.29, 0.717) is 0 Å². The lowest BCUT2D eigenvalue weighted by molar-refractivity contribution is -0.121. The Morgan fingerprint density at radius 2 is 1.64 bits per heavy atom. The molecule has 0 atom stereocenters. The molecule has 1 aliphatic rings. The van der Waals surface area contributed by atoms with Crippen molar-refractivity contribution < 1.29 is 4.79 Å². The number of rotatable bonds is 4. The summed E-state index contributed by atoms with van der Waals surface area (Å²) in [6.07, 6.45) is 1.84. The van der Waals surface area contributed by atoms with Gasteiger partial charge in [0.2, 0.25) is 5.91 Å². The fourth-order valence-corrected chi connectivity index (χ4v) is 4.32. The van der Waals surface area contributed by atoms with E-state index in [1.54, 1.807) is 0 Å². The molecular formula is C25H28N2O. The largest absolute Gasteiger partial charge is 0.326 e. The molecular weight excluding hydrogens is 344 g/mol. The number of carbonyl (C=O) groups excluding carboxylic acids is 1. The van der Waals surface area contributed by atoms with Gasteiger partial charge in [0.15, 0.2) is 0 Å². The molecule has 0 bridgehead atoms. The summed E-state index contributed by atoms with van der Waals surface area (Å²) in [6, 6.07) is 21.3. The van der Waals surface area contributed by atoms with Gasteiger partial charge in [0.05, 0.1) is 0 Å². The number of benzene rings is 3. The Morgan fingerprint density at radius 3 is 2.39 bits per heavy atom. The highest BCUT2D eigenvalue weighted by Gasteiger charge is 2.25. The molecule has 0 aromatic heterocycles. The molecule has 0 radical (unpaired) electrons. The first-order valence-electron chi connectivity index (χ1n) is 10.2. The van der Waals surface area contributed by atoms with Crippen molar-refractivity contribution in [1.82, 2.24) is 4.90 Å². The van der Waals surface area contributed by atoms with Crippen LogP contribution in [0.15, 0.2) is 60.7 Å². The van der Waals surface area contributed by atoms with Gasteiger partial charge in [0.1, 0.15) is 0 Å². The van der Waals surface area contributed by atoms with Gasteiger partial charge in [-0.2, -0.15) is 0 Å². The van der Waals surface area contributed by atoms with Crippen molar-refractivity contribution in [3.05, 3.63) is 77.4 Å². The third-order valence-corrected chi connectivity index (χ3v) is 5.72. The summed E-state index contributed by atoms with van der Waals surface area (Å²) in [5.41, 5.74) is 4.65. The van der Waals surface area contributed by atoms with Crippen molar-refractivity contribution in [1.29, 1.82) is 0 Å². The van der Waals surface area contributed by atoms with E-state index in [9.17, 15) is 4.79 Å². The van der Waals surface area contributed by atoms with Crippen molar-refractivity contribution >= 4 is 22.4 Å². The lowest BCUT2D eigenvalue weighted by atomic mass is 9.95. The molecule has 3 nitrogen and oxygen atoms in total. The molecule has 1 N–H and O–H groups in total. The molecule has 3 aromatic rings. The summed E-state index contributed by atoms with van der Waals surface area (Å²) in [6.45, 7) is 7.01. The summed E-state index contributed by atoms with van der Waals surface area (Å²) < 4.78 is 0. The maximum absolute atomic E-state index is 12.7. The Hall–Kier alpha value is -2.65.